The number of rotatable bonds is 6. The van der Waals surface area contributed by atoms with E-state index in [2.05, 4.69) is 36.1 Å². The Morgan fingerprint density at radius 1 is 1.44 bits per heavy atom. The fourth-order valence-corrected chi connectivity index (χ4v) is 2.86. The van der Waals surface area contributed by atoms with Gasteiger partial charge in [0.05, 0.1) is 0 Å². The minimum atomic E-state index is 0.675. The van der Waals surface area contributed by atoms with Crippen LogP contribution in [0.25, 0.3) is 0 Å². The Labute approximate surface area is 111 Å². The Kier molecular flexibility index (Phi) is 4.81. The van der Waals surface area contributed by atoms with E-state index in [0.29, 0.717) is 11.8 Å². The molecule has 1 heterocycles. The smallest absolute Gasteiger partial charge is 0.109 e. The first-order valence-electron chi connectivity index (χ1n) is 7.43. The highest BCUT2D eigenvalue weighted by Gasteiger charge is 2.26. The number of hydrogen-bond acceptors (Lipinski definition) is 2. The first-order valence-corrected chi connectivity index (χ1v) is 7.43. The lowest BCUT2D eigenvalue weighted by molar-refractivity contribution is 0.517. The monoisotopic (exact) mass is 249 g/mol. The minimum absolute atomic E-state index is 0.675. The SMILES string of the molecule is CCC1CCC(c2ncc(CNCC(C)C)[nH]2)C1. The Morgan fingerprint density at radius 2 is 2.28 bits per heavy atom. The summed E-state index contributed by atoms with van der Waals surface area (Å²) in [7, 11) is 0. The van der Waals surface area contributed by atoms with Gasteiger partial charge in [-0.15, -0.1) is 0 Å². The van der Waals surface area contributed by atoms with E-state index >= 15 is 0 Å². The molecule has 18 heavy (non-hydrogen) atoms. The van der Waals surface area contributed by atoms with Gasteiger partial charge in [0.15, 0.2) is 0 Å². The molecule has 102 valence electrons. The predicted octanol–water partition coefficient (Wildman–Crippen LogP) is 3.45. The van der Waals surface area contributed by atoms with Crippen molar-refractivity contribution in [2.75, 3.05) is 6.54 Å². The highest BCUT2D eigenvalue weighted by Crippen LogP contribution is 2.38. The molecular weight excluding hydrogens is 222 g/mol. The van der Waals surface area contributed by atoms with Crippen LogP contribution in [0.15, 0.2) is 6.20 Å². The Morgan fingerprint density at radius 3 is 2.94 bits per heavy atom. The zero-order valence-corrected chi connectivity index (χ0v) is 12.0. The van der Waals surface area contributed by atoms with Gasteiger partial charge in [-0.05, 0) is 37.6 Å². The van der Waals surface area contributed by atoms with Crippen molar-refractivity contribution in [2.24, 2.45) is 11.8 Å². The van der Waals surface area contributed by atoms with Crippen molar-refractivity contribution in [1.82, 2.24) is 15.3 Å². The molecular formula is C15H27N3. The van der Waals surface area contributed by atoms with Gasteiger partial charge in [0.25, 0.3) is 0 Å². The lowest BCUT2D eigenvalue weighted by Gasteiger charge is -2.07. The average Bonchev–Trinajstić information content (AvgIpc) is 2.95. The first-order chi connectivity index (χ1) is 8.69. The van der Waals surface area contributed by atoms with Crippen molar-refractivity contribution in [2.45, 2.75) is 58.9 Å². The molecule has 2 atom stereocenters. The van der Waals surface area contributed by atoms with Crippen LogP contribution < -0.4 is 5.32 Å². The van der Waals surface area contributed by atoms with Gasteiger partial charge >= 0.3 is 0 Å². The molecule has 1 saturated carbocycles. The lowest BCUT2D eigenvalue weighted by Crippen LogP contribution is -2.19. The van der Waals surface area contributed by atoms with Gasteiger partial charge in [0.1, 0.15) is 5.82 Å². The number of H-pyrrole nitrogens is 1. The molecule has 1 aliphatic carbocycles. The first kappa shape index (κ1) is 13.6. The van der Waals surface area contributed by atoms with Gasteiger partial charge in [-0.25, -0.2) is 4.98 Å². The molecule has 0 radical (unpaired) electrons. The maximum absolute atomic E-state index is 4.57. The minimum Gasteiger partial charge on any atom is -0.345 e. The van der Waals surface area contributed by atoms with Crippen LogP contribution in [0.3, 0.4) is 0 Å². The van der Waals surface area contributed by atoms with E-state index in [1.165, 1.54) is 37.2 Å². The largest absolute Gasteiger partial charge is 0.345 e. The van der Waals surface area contributed by atoms with Crippen molar-refractivity contribution in [3.8, 4) is 0 Å². The van der Waals surface area contributed by atoms with Crippen molar-refractivity contribution >= 4 is 0 Å². The van der Waals surface area contributed by atoms with E-state index in [0.717, 1.165) is 19.0 Å². The van der Waals surface area contributed by atoms with E-state index < -0.39 is 0 Å². The lowest BCUT2D eigenvalue weighted by atomic mass is 10.0. The van der Waals surface area contributed by atoms with E-state index in [-0.39, 0.29) is 0 Å². The maximum Gasteiger partial charge on any atom is 0.109 e. The van der Waals surface area contributed by atoms with Crippen LogP contribution in [0.4, 0.5) is 0 Å². The molecule has 0 spiro atoms. The fraction of sp³-hybridized carbons (Fsp3) is 0.800. The van der Waals surface area contributed by atoms with Crippen molar-refractivity contribution < 1.29 is 0 Å². The molecule has 2 rings (SSSR count). The molecule has 0 aromatic carbocycles. The highest BCUT2D eigenvalue weighted by molar-refractivity contribution is 5.07. The molecule has 0 saturated heterocycles. The number of aromatic nitrogens is 2. The molecule has 1 aliphatic rings. The summed E-state index contributed by atoms with van der Waals surface area (Å²) in [6.45, 7) is 8.74. The van der Waals surface area contributed by atoms with Crippen molar-refractivity contribution in [1.29, 1.82) is 0 Å². The van der Waals surface area contributed by atoms with Crippen LogP contribution in [0.1, 0.15) is 63.9 Å². The number of imidazole rings is 1. The van der Waals surface area contributed by atoms with Crippen LogP contribution in [0.2, 0.25) is 0 Å². The Hall–Kier alpha value is -0.830. The Balaban J connectivity index is 1.83. The summed E-state index contributed by atoms with van der Waals surface area (Å²) in [5, 5.41) is 3.45. The summed E-state index contributed by atoms with van der Waals surface area (Å²) in [5.41, 5.74) is 1.23. The summed E-state index contributed by atoms with van der Waals surface area (Å²) in [6.07, 6.45) is 7.33. The van der Waals surface area contributed by atoms with Gasteiger partial charge in [0.2, 0.25) is 0 Å². The second kappa shape index (κ2) is 6.37. The van der Waals surface area contributed by atoms with Crippen LogP contribution in [-0.4, -0.2) is 16.5 Å². The van der Waals surface area contributed by atoms with Gasteiger partial charge in [-0.3, -0.25) is 0 Å². The normalized spacial score (nSPS) is 24.0. The molecule has 3 nitrogen and oxygen atoms in total. The molecule has 1 aromatic heterocycles. The standard InChI is InChI=1S/C15H27N3/c1-4-12-5-6-13(7-12)15-17-10-14(18-15)9-16-8-11(2)3/h10-13,16H,4-9H2,1-3H3,(H,17,18). The van der Waals surface area contributed by atoms with Gasteiger partial charge in [0, 0.05) is 24.4 Å². The second-order valence-electron chi connectivity index (χ2n) is 6.10. The quantitative estimate of drug-likeness (QED) is 0.810. The van der Waals surface area contributed by atoms with E-state index in [1.807, 2.05) is 6.20 Å². The topological polar surface area (TPSA) is 40.7 Å². The molecule has 0 bridgehead atoms. The molecule has 2 unspecified atom stereocenters. The van der Waals surface area contributed by atoms with Crippen LogP contribution in [0, 0.1) is 11.8 Å². The molecule has 3 heteroatoms. The number of hydrogen-bond donors (Lipinski definition) is 2. The van der Waals surface area contributed by atoms with Crippen LogP contribution in [0.5, 0.6) is 0 Å². The molecule has 2 N–H and O–H groups in total. The summed E-state index contributed by atoms with van der Waals surface area (Å²) >= 11 is 0. The zero-order chi connectivity index (χ0) is 13.0. The van der Waals surface area contributed by atoms with Crippen molar-refractivity contribution in [3.05, 3.63) is 17.7 Å². The summed E-state index contributed by atoms with van der Waals surface area (Å²) < 4.78 is 0. The summed E-state index contributed by atoms with van der Waals surface area (Å²) in [6, 6.07) is 0. The maximum atomic E-state index is 4.57. The van der Waals surface area contributed by atoms with Crippen LogP contribution in [-0.2, 0) is 6.54 Å². The molecule has 1 aromatic rings. The van der Waals surface area contributed by atoms with Gasteiger partial charge in [-0.2, -0.15) is 0 Å². The predicted molar refractivity (Wildman–Crippen MR) is 75.5 cm³/mol. The molecule has 0 aliphatic heterocycles. The Bertz CT molecular complexity index is 356. The highest BCUT2D eigenvalue weighted by atomic mass is 15.0. The zero-order valence-electron chi connectivity index (χ0n) is 12.0. The van der Waals surface area contributed by atoms with E-state index in [4.69, 9.17) is 0 Å². The second-order valence-corrected chi connectivity index (χ2v) is 6.10. The fourth-order valence-electron chi connectivity index (χ4n) is 2.86. The third-order valence-corrected chi connectivity index (χ3v) is 4.02. The number of nitrogens with zero attached hydrogens (tertiary/aromatic N) is 1. The van der Waals surface area contributed by atoms with E-state index in [9.17, 15) is 0 Å². The number of aromatic amines is 1. The summed E-state index contributed by atoms with van der Waals surface area (Å²) in [4.78, 5) is 8.07. The van der Waals surface area contributed by atoms with Crippen LogP contribution >= 0.6 is 0 Å². The molecule has 0 amide bonds. The average molecular weight is 249 g/mol. The van der Waals surface area contributed by atoms with E-state index in [1.54, 1.807) is 0 Å². The summed E-state index contributed by atoms with van der Waals surface area (Å²) in [5.74, 6) is 3.51. The molecule has 1 fully saturated rings. The van der Waals surface area contributed by atoms with Gasteiger partial charge in [-0.1, -0.05) is 27.2 Å². The third-order valence-electron chi connectivity index (χ3n) is 4.02. The van der Waals surface area contributed by atoms with Crippen molar-refractivity contribution in [3.63, 3.8) is 0 Å². The van der Waals surface area contributed by atoms with Gasteiger partial charge < -0.3 is 10.3 Å². The third kappa shape index (κ3) is 3.58. The number of nitrogens with one attached hydrogen (secondary N) is 2.